The summed E-state index contributed by atoms with van der Waals surface area (Å²) in [5.74, 6) is -0.915. The molecular formula is C8H6BrClN2O4. The van der Waals surface area contributed by atoms with Crippen LogP contribution < -0.4 is 10.5 Å². The van der Waals surface area contributed by atoms with E-state index in [-0.39, 0.29) is 16.5 Å². The van der Waals surface area contributed by atoms with Crippen molar-refractivity contribution in [1.82, 2.24) is 0 Å². The van der Waals surface area contributed by atoms with E-state index in [1.807, 2.05) is 0 Å². The minimum atomic E-state index is -0.742. The standard InChI is InChI=1S/C8H6BrClN2O4/c9-4-1-5(10)8(16-3-7(11)13)6(2-4)12(14)15/h1-2H,3H2,(H2,11,13). The van der Waals surface area contributed by atoms with Crippen molar-refractivity contribution in [2.75, 3.05) is 6.61 Å². The van der Waals surface area contributed by atoms with Crippen molar-refractivity contribution in [3.8, 4) is 5.75 Å². The highest BCUT2D eigenvalue weighted by Crippen LogP contribution is 2.37. The van der Waals surface area contributed by atoms with Crippen LogP contribution in [0.15, 0.2) is 16.6 Å². The first-order chi connectivity index (χ1) is 7.41. The number of nitro benzene ring substituents is 1. The molecule has 86 valence electrons. The molecule has 0 saturated heterocycles. The summed E-state index contributed by atoms with van der Waals surface area (Å²) in [5, 5.41) is 10.7. The third-order valence-corrected chi connectivity index (χ3v) is 2.28. The minimum absolute atomic E-state index is 0.0299. The number of hydrogen-bond donors (Lipinski definition) is 1. The molecule has 0 unspecified atom stereocenters. The van der Waals surface area contributed by atoms with Gasteiger partial charge < -0.3 is 10.5 Å². The van der Waals surface area contributed by atoms with Gasteiger partial charge in [-0.2, -0.15) is 0 Å². The Labute approximate surface area is 104 Å². The first-order valence-electron chi connectivity index (χ1n) is 3.96. The van der Waals surface area contributed by atoms with E-state index in [9.17, 15) is 14.9 Å². The summed E-state index contributed by atoms with van der Waals surface area (Å²) in [7, 11) is 0. The van der Waals surface area contributed by atoms with Crippen molar-refractivity contribution >= 4 is 39.1 Å². The maximum absolute atomic E-state index is 10.7. The van der Waals surface area contributed by atoms with Gasteiger partial charge in [0.25, 0.3) is 5.91 Å². The molecule has 0 aromatic heterocycles. The lowest BCUT2D eigenvalue weighted by Crippen LogP contribution is -2.20. The van der Waals surface area contributed by atoms with E-state index in [2.05, 4.69) is 15.9 Å². The Hall–Kier alpha value is -1.34. The Bertz CT molecular complexity index is 452. The van der Waals surface area contributed by atoms with Gasteiger partial charge in [0.15, 0.2) is 6.61 Å². The highest BCUT2D eigenvalue weighted by molar-refractivity contribution is 9.10. The van der Waals surface area contributed by atoms with Crippen LogP contribution in [0.25, 0.3) is 0 Å². The molecule has 0 radical (unpaired) electrons. The van der Waals surface area contributed by atoms with Crippen LogP contribution in [0.1, 0.15) is 0 Å². The third kappa shape index (κ3) is 3.07. The maximum Gasteiger partial charge on any atom is 0.313 e. The Balaban J connectivity index is 3.14. The molecule has 0 heterocycles. The molecule has 0 aliphatic rings. The van der Waals surface area contributed by atoms with Gasteiger partial charge in [-0.25, -0.2) is 0 Å². The van der Waals surface area contributed by atoms with E-state index >= 15 is 0 Å². The minimum Gasteiger partial charge on any atom is -0.476 e. The number of benzene rings is 1. The average molecular weight is 310 g/mol. The number of carbonyl (C=O) groups excluding carboxylic acids is 1. The van der Waals surface area contributed by atoms with Crippen molar-refractivity contribution in [3.05, 3.63) is 31.7 Å². The fourth-order valence-electron chi connectivity index (χ4n) is 0.969. The quantitative estimate of drug-likeness (QED) is 0.678. The smallest absolute Gasteiger partial charge is 0.313 e. The number of carbonyl (C=O) groups is 1. The van der Waals surface area contributed by atoms with Crippen molar-refractivity contribution in [2.45, 2.75) is 0 Å². The molecule has 8 heteroatoms. The van der Waals surface area contributed by atoms with Gasteiger partial charge in [-0.1, -0.05) is 27.5 Å². The fourth-order valence-corrected chi connectivity index (χ4v) is 1.82. The molecule has 1 aromatic carbocycles. The number of nitrogens with two attached hydrogens (primary N) is 1. The second-order valence-corrected chi connectivity index (χ2v) is 4.07. The molecule has 2 N–H and O–H groups in total. The summed E-state index contributed by atoms with van der Waals surface area (Å²) in [4.78, 5) is 20.5. The van der Waals surface area contributed by atoms with E-state index < -0.39 is 17.4 Å². The monoisotopic (exact) mass is 308 g/mol. The third-order valence-electron chi connectivity index (χ3n) is 1.54. The molecule has 0 fully saturated rings. The van der Waals surface area contributed by atoms with Gasteiger partial charge in [0.2, 0.25) is 5.75 Å². The van der Waals surface area contributed by atoms with Crippen LogP contribution in [0, 0.1) is 10.1 Å². The van der Waals surface area contributed by atoms with Gasteiger partial charge in [-0.15, -0.1) is 0 Å². The normalized spacial score (nSPS) is 9.88. The Morgan fingerprint density at radius 1 is 1.62 bits per heavy atom. The molecule has 1 rings (SSSR count). The molecule has 0 atom stereocenters. The zero-order valence-corrected chi connectivity index (χ0v) is 10.1. The number of halogens is 2. The summed E-state index contributed by atoms with van der Waals surface area (Å²) in [6.07, 6.45) is 0. The van der Waals surface area contributed by atoms with Crippen LogP contribution in [-0.2, 0) is 4.79 Å². The molecule has 6 nitrogen and oxygen atoms in total. The fraction of sp³-hybridized carbons (Fsp3) is 0.125. The summed E-state index contributed by atoms with van der Waals surface area (Å²) in [6.45, 7) is -0.470. The first kappa shape index (κ1) is 12.7. The summed E-state index contributed by atoms with van der Waals surface area (Å²) < 4.78 is 5.32. The number of rotatable bonds is 4. The molecule has 0 saturated carbocycles. The van der Waals surface area contributed by atoms with E-state index in [0.29, 0.717) is 4.47 Å². The van der Waals surface area contributed by atoms with Gasteiger partial charge in [0.05, 0.1) is 9.95 Å². The van der Waals surface area contributed by atoms with E-state index in [4.69, 9.17) is 22.1 Å². The van der Waals surface area contributed by atoms with Crippen LogP contribution in [0.2, 0.25) is 5.02 Å². The topological polar surface area (TPSA) is 95.5 Å². The van der Waals surface area contributed by atoms with Crippen LogP contribution in [0.5, 0.6) is 5.75 Å². The molecule has 0 bridgehead atoms. The number of nitrogens with zero attached hydrogens (tertiary/aromatic N) is 1. The van der Waals surface area contributed by atoms with Gasteiger partial charge in [-0.05, 0) is 6.07 Å². The summed E-state index contributed by atoms with van der Waals surface area (Å²) >= 11 is 8.81. The second-order valence-electron chi connectivity index (χ2n) is 2.75. The molecule has 16 heavy (non-hydrogen) atoms. The van der Waals surface area contributed by atoms with Crippen molar-refractivity contribution in [1.29, 1.82) is 0 Å². The number of hydrogen-bond acceptors (Lipinski definition) is 4. The van der Waals surface area contributed by atoms with Crippen LogP contribution >= 0.6 is 27.5 Å². The summed E-state index contributed by atoms with van der Waals surface area (Å²) in [5.41, 5.74) is 4.53. The zero-order chi connectivity index (χ0) is 12.3. The second kappa shape index (κ2) is 5.13. The van der Waals surface area contributed by atoms with Crippen molar-refractivity contribution in [3.63, 3.8) is 0 Å². The SMILES string of the molecule is NC(=O)COc1c(Cl)cc(Br)cc1[N+](=O)[O-]. The Kier molecular flexibility index (Phi) is 4.08. The highest BCUT2D eigenvalue weighted by Gasteiger charge is 2.20. The number of primary amides is 1. The molecule has 1 aromatic rings. The lowest BCUT2D eigenvalue weighted by atomic mass is 10.3. The van der Waals surface area contributed by atoms with Gasteiger partial charge in [0, 0.05) is 10.5 Å². The highest BCUT2D eigenvalue weighted by atomic mass is 79.9. The molecule has 0 spiro atoms. The van der Waals surface area contributed by atoms with Gasteiger partial charge in [0.1, 0.15) is 0 Å². The average Bonchev–Trinajstić information content (AvgIpc) is 2.14. The molecule has 0 aliphatic carbocycles. The number of ether oxygens (including phenoxy) is 1. The number of amides is 1. The van der Waals surface area contributed by atoms with Crippen molar-refractivity contribution in [2.24, 2.45) is 5.73 Å². The largest absolute Gasteiger partial charge is 0.476 e. The van der Waals surface area contributed by atoms with Crippen molar-refractivity contribution < 1.29 is 14.5 Å². The lowest BCUT2D eigenvalue weighted by molar-refractivity contribution is -0.385. The van der Waals surface area contributed by atoms with Crippen LogP contribution in [0.3, 0.4) is 0 Å². The predicted molar refractivity (Wildman–Crippen MR) is 60.5 cm³/mol. The van der Waals surface area contributed by atoms with E-state index in [0.717, 1.165) is 0 Å². The van der Waals surface area contributed by atoms with E-state index in [1.54, 1.807) is 0 Å². The van der Waals surface area contributed by atoms with Gasteiger partial charge in [-0.3, -0.25) is 14.9 Å². The summed E-state index contributed by atoms with van der Waals surface area (Å²) in [6, 6.07) is 2.65. The lowest BCUT2D eigenvalue weighted by Gasteiger charge is -2.06. The molecule has 0 aliphatic heterocycles. The van der Waals surface area contributed by atoms with Crippen LogP contribution in [-0.4, -0.2) is 17.4 Å². The first-order valence-corrected chi connectivity index (χ1v) is 5.13. The predicted octanol–water partition coefficient (Wildman–Crippen LogP) is 1.87. The maximum atomic E-state index is 10.7. The molecular weight excluding hydrogens is 303 g/mol. The van der Waals surface area contributed by atoms with Gasteiger partial charge >= 0.3 is 5.69 Å². The number of nitro groups is 1. The Morgan fingerprint density at radius 2 is 2.25 bits per heavy atom. The zero-order valence-electron chi connectivity index (χ0n) is 7.78. The Morgan fingerprint density at radius 3 is 2.75 bits per heavy atom. The van der Waals surface area contributed by atoms with E-state index in [1.165, 1.54) is 12.1 Å². The molecule has 1 amide bonds. The van der Waals surface area contributed by atoms with Crippen LogP contribution in [0.4, 0.5) is 5.69 Å².